The average Bonchev–Trinajstić information content (AvgIpc) is 2.45. The van der Waals surface area contributed by atoms with E-state index in [1.165, 1.54) is 0 Å². The highest BCUT2D eigenvalue weighted by Gasteiger charge is 2.08. The van der Waals surface area contributed by atoms with Gasteiger partial charge in [0.15, 0.2) is 0 Å². The molecule has 0 fully saturated rings. The Morgan fingerprint density at radius 1 is 1.33 bits per heavy atom. The van der Waals surface area contributed by atoms with E-state index in [1.807, 2.05) is 25.1 Å². The molecule has 5 heteroatoms. The molecule has 1 amide bonds. The molecule has 2 N–H and O–H groups in total. The van der Waals surface area contributed by atoms with E-state index >= 15 is 0 Å². The molecule has 1 rings (SSSR count). The maximum absolute atomic E-state index is 11.4. The predicted molar refractivity (Wildman–Crippen MR) is 83.8 cm³/mol. The van der Waals surface area contributed by atoms with E-state index in [4.69, 9.17) is 9.47 Å². The van der Waals surface area contributed by atoms with Crippen LogP contribution in [-0.4, -0.2) is 32.2 Å². The molecule has 21 heavy (non-hydrogen) atoms. The van der Waals surface area contributed by atoms with Gasteiger partial charge in [-0.3, -0.25) is 4.79 Å². The van der Waals surface area contributed by atoms with Crippen LogP contribution in [0, 0.1) is 0 Å². The molecule has 0 aromatic heterocycles. The monoisotopic (exact) mass is 294 g/mol. The number of amides is 1. The van der Waals surface area contributed by atoms with Crippen LogP contribution in [0.2, 0.25) is 0 Å². The molecule has 0 saturated heterocycles. The first-order chi connectivity index (χ1) is 10.1. The Bertz CT molecular complexity index is 447. The van der Waals surface area contributed by atoms with E-state index in [9.17, 15) is 4.79 Å². The van der Waals surface area contributed by atoms with E-state index in [2.05, 4.69) is 24.5 Å². The predicted octanol–water partition coefficient (Wildman–Crippen LogP) is 2.10. The summed E-state index contributed by atoms with van der Waals surface area (Å²) in [6.07, 6.45) is 0.349. The maximum Gasteiger partial charge on any atom is 0.223 e. The van der Waals surface area contributed by atoms with Gasteiger partial charge in [0.1, 0.15) is 11.5 Å². The van der Waals surface area contributed by atoms with Gasteiger partial charge < -0.3 is 20.1 Å². The van der Waals surface area contributed by atoms with Crippen molar-refractivity contribution < 1.29 is 14.3 Å². The number of hydrogen-bond acceptors (Lipinski definition) is 4. The van der Waals surface area contributed by atoms with Crippen molar-refractivity contribution in [2.45, 2.75) is 39.8 Å². The Hall–Kier alpha value is -1.75. The van der Waals surface area contributed by atoms with E-state index in [-0.39, 0.29) is 5.91 Å². The zero-order valence-electron chi connectivity index (χ0n) is 13.4. The SMILES string of the molecule is CCNC(=O)CCOc1cc(OC)ccc1CNC(C)C. The Balaban J connectivity index is 2.65. The molecule has 1 aromatic rings. The van der Waals surface area contributed by atoms with Crippen LogP contribution in [0.15, 0.2) is 18.2 Å². The topological polar surface area (TPSA) is 59.6 Å². The highest BCUT2D eigenvalue weighted by Crippen LogP contribution is 2.25. The lowest BCUT2D eigenvalue weighted by atomic mass is 10.2. The van der Waals surface area contributed by atoms with Crippen LogP contribution in [0.5, 0.6) is 11.5 Å². The molecule has 0 radical (unpaired) electrons. The van der Waals surface area contributed by atoms with Crippen molar-refractivity contribution in [1.29, 1.82) is 0 Å². The minimum atomic E-state index is 0.00208. The number of benzene rings is 1. The fourth-order valence-electron chi connectivity index (χ4n) is 1.80. The van der Waals surface area contributed by atoms with Crippen molar-refractivity contribution in [3.05, 3.63) is 23.8 Å². The van der Waals surface area contributed by atoms with Crippen LogP contribution < -0.4 is 20.1 Å². The third kappa shape index (κ3) is 6.49. The molecule has 0 aliphatic heterocycles. The second-order valence-corrected chi connectivity index (χ2v) is 5.06. The molecule has 0 atom stereocenters. The van der Waals surface area contributed by atoms with Gasteiger partial charge >= 0.3 is 0 Å². The Kier molecular flexibility index (Phi) is 7.61. The molecule has 0 spiro atoms. The number of carbonyl (C=O) groups excluding carboxylic acids is 1. The molecular weight excluding hydrogens is 268 g/mol. The van der Waals surface area contributed by atoms with Crippen molar-refractivity contribution in [3.8, 4) is 11.5 Å². The van der Waals surface area contributed by atoms with Crippen molar-refractivity contribution in [3.63, 3.8) is 0 Å². The second-order valence-electron chi connectivity index (χ2n) is 5.06. The van der Waals surface area contributed by atoms with E-state index in [0.717, 1.165) is 23.6 Å². The van der Waals surface area contributed by atoms with Crippen LogP contribution >= 0.6 is 0 Å². The minimum Gasteiger partial charge on any atom is -0.497 e. The summed E-state index contributed by atoms with van der Waals surface area (Å²) in [7, 11) is 1.62. The molecule has 118 valence electrons. The average molecular weight is 294 g/mol. The summed E-state index contributed by atoms with van der Waals surface area (Å²) < 4.78 is 11.0. The van der Waals surface area contributed by atoms with Gasteiger partial charge in [-0.05, 0) is 13.0 Å². The first kappa shape index (κ1) is 17.3. The van der Waals surface area contributed by atoms with Gasteiger partial charge in [0.2, 0.25) is 5.91 Å². The van der Waals surface area contributed by atoms with Crippen LogP contribution in [0.3, 0.4) is 0 Å². The Morgan fingerprint density at radius 2 is 2.10 bits per heavy atom. The van der Waals surface area contributed by atoms with Gasteiger partial charge in [-0.2, -0.15) is 0 Å². The molecule has 5 nitrogen and oxygen atoms in total. The Labute approximate surface area is 127 Å². The minimum absolute atomic E-state index is 0.00208. The van der Waals surface area contributed by atoms with E-state index < -0.39 is 0 Å². The van der Waals surface area contributed by atoms with Crippen molar-refractivity contribution >= 4 is 5.91 Å². The molecule has 0 unspecified atom stereocenters. The highest BCUT2D eigenvalue weighted by atomic mass is 16.5. The number of methoxy groups -OCH3 is 1. The maximum atomic E-state index is 11.4. The van der Waals surface area contributed by atoms with Crippen LogP contribution in [0.25, 0.3) is 0 Å². The zero-order chi connectivity index (χ0) is 15.7. The second kappa shape index (κ2) is 9.23. The number of hydrogen-bond donors (Lipinski definition) is 2. The summed E-state index contributed by atoms with van der Waals surface area (Å²) in [6.45, 7) is 7.81. The molecular formula is C16H26N2O3. The van der Waals surface area contributed by atoms with Crippen LogP contribution in [0.4, 0.5) is 0 Å². The summed E-state index contributed by atoms with van der Waals surface area (Å²) >= 11 is 0. The van der Waals surface area contributed by atoms with Crippen molar-refractivity contribution in [2.75, 3.05) is 20.3 Å². The van der Waals surface area contributed by atoms with Crippen LogP contribution in [0.1, 0.15) is 32.8 Å². The standard InChI is InChI=1S/C16H26N2O3/c1-5-17-16(19)8-9-21-15-10-14(20-4)7-6-13(15)11-18-12(2)3/h6-7,10,12,18H,5,8-9,11H2,1-4H3,(H,17,19). The number of nitrogens with one attached hydrogen (secondary N) is 2. The highest BCUT2D eigenvalue weighted by molar-refractivity contribution is 5.75. The van der Waals surface area contributed by atoms with Gasteiger partial charge in [0, 0.05) is 30.8 Å². The van der Waals surface area contributed by atoms with E-state index in [1.54, 1.807) is 7.11 Å². The molecule has 0 saturated carbocycles. The Morgan fingerprint density at radius 3 is 2.71 bits per heavy atom. The lowest BCUT2D eigenvalue weighted by Gasteiger charge is -2.15. The molecule has 0 aliphatic carbocycles. The van der Waals surface area contributed by atoms with Gasteiger partial charge in [0.05, 0.1) is 20.1 Å². The van der Waals surface area contributed by atoms with Gasteiger partial charge in [-0.1, -0.05) is 19.9 Å². The molecule has 0 heterocycles. The third-order valence-corrected chi connectivity index (χ3v) is 2.94. The first-order valence-corrected chi connectivity index (χ1v) is 7.36. The lowest BCUT2D eigenvalue weighted by Crippen LogP contribution is -2.24. The summed E-state index contributed by atoms with van der Waals surface area (Å²) in [5.41, 5.74) is 1.06. The smallest absolute Gasteiger partial charge is 0.223 e. The number of ether oxygens (including phenoxy) is 2. The molecule has 0 aliphatic rings. The van der Waals surface area contributed by atoms with Gasteiger partial charge in [-0.15, -0.1) is 0 Å². The van der Waals surface area contributed by atoms with Crippen LogP contribution in [-0.2, 0) is 11.3 Å². The fourth-order valence-corrected chi connectivity index (χ4v) is 1.80. The van der Waals surface area contributed by atoms with Crippen molar-refractivity contribution in [2.24, 2.45) is 0 Å². The lowest BCUT2D eigenvalue weighted by molar-refractivity contribution is -0.121. The largest absolute Gasteiger partial charge is 0.497 e. The molecule has 1 aromatic carbocycles. The van der Waals surface area contributed by atoms with Crippen molar-refractivity contribution in [1.82, 2.24) is 10.6 Å². The first-order valence-electron chi connectivity index (χ1n) is 7.36. The number of carbonyl (C=O) groups is 1. The zero-order valence-corrected chi connectivity index (χ0v) is 13.4. The quantitative estimate of drug-likeness (QED) is 0.732. The summed E-state index contributed by atoms with van der Waals surface area (Å²) in [5.74, 6) is 1.50. The number of rotatable bonds is 9. The van der Waals surface area contributed by atoms with Gasteiger partial charge in [-0.25, -0.2) is 0 Å². The normalized spacial score (nSPS) is 10.5. The molecule has 0 bridgehead atoms. The summed E-state index contributed by atoms with van der Waals surface area (Å²) in [6, 6.07) is 6.15. The summed E-state index contributed by atoms with van der Waals surface area (Å²) in [4.78, 5) is 11.4. The van der Waals surface area contributed by atoms with Gasteiger partial charge in [0.25, 0.3) is 0 Å². The van der Waals surface area contributed by atoms with E-state index in [0.29, 0.717) is 25.6 Å². The summed E-state index contributed by atoms with van der Waals surface area (Å²) in [5, 5.41) is 6.11. The third-order valence-electron chi connectivity index (χ3n) is 2.94. The fraction of sp³-hybridized carbons (Fsp3) is 0.562.